The lowest BCUT2D eigenvalue weighted by Gasteiger charge is -2.14. The topological polar surface area (TPSA) is 41.6 Å². The third kappa shape index (κ3) is 6.00. The van der Waals surface area contributed by atoms with E-state index in [0.717, 1.165) is 23.3 Å². The van der Waals surface area contributed by atoms with E-state index in [1.54, 1.807) is 53.4 Å². The number of halogens is 4. The highest BCUT2D eigenvalue weighted by Crippen LogP contribution is 2.28. The quantitative estimate of drug-likeness (QED) is 0.592. The summed E-state index contributed by atoms with van der Waals surface area (Å²) >= 11 is 6.11. The zero-order chi connectivity index (χ0) is 21.4. The number of benzene rings is 2. The smallest absolute Gasteiger partial charge is 0.321 e. The lowest BCUT2D eigenvalue weighted by molar-refractivity contribution is -0.137. The van der Waals surface area contributed by atoms with Crippen LogP contribution in [0.25, 0.3) is 0 Å². The summed E-state index contributed by atoms with van der Waals surface area (Å²) in [5.74, 6) is 1.59. The molecule has 0 saturated carbocycles. The number of nitriles is 1. The van der Waals surface area contributed by atoms with Crippen molar-refractivity contribution in [1.82, 2.24) is 9.55 Å². The maximum atomic E-state index is 12.8. The van der Waals surface area contributed by atoms with E-state index in [1.807, 2.05) is 13.0 Å². The first-order chi connectivity index (χ1) is 13.8. The van der Waals surface area contributed by atoms with Crippen molar-refractivity contribution in [2.75, 3.05) is 0 Å². The molecule has 3 nitrogen and oxygen atoms in total. The molecule has 148 valence electrons. The van der Waals surface area contributed by atoms with Crippen LogP contribution in [0.1, 0.15) is 11.3 Å². The van der Waals surface area contributed by atoms with Crippen molar-refractivity contribution < 1.29 is 13.2 Å². The lowest BCUT2D eigenvalue weighted by atomic mass is 9.41. The van der Waals surface area contributed by atoms with Crippen LogP contribution in [0.2, 0.25) is 5.02 Å². The molecule has 3 aromatic rings. The second kappa shape index (κ2) is 9.99. The van der Waals surface area contributed by atoms with E-state index in [-0.39, 0.29) is 6.71 Å². The minimum Gasteiger partial charge on any atom is -0.321 e. The van der Waals surface area contributed by atoms with Gasteiger partial charge in [0.25, 0.3) is 0 Å². The van der Waals surface area contributed by atoms with Gasteiger partial charge in [-0.2, -0.15) is 18.4 Å². The molecule has 1 aromatic heterocycles. The monoisotopic (exact) mass is 415 g/mol. The Kier molecular flexibility index (Phi) is 7.69. The Bertz CT molecular complexity index is 1010. The van der Waals surface area contributed by atoms with Crippen LogP contribution in [0.15, 0.2) is 73.6 Å². The van der Waals surface area contributed by atoms with Gasteiger partial charge in [-0.3, -0.25) is 0 Å². The van der Waals surface area contributed by atoms with Gasteiger partial charge in [0, 0.05) is 16.9 Å². The molecule has 8 heteroatoms. The minimum absolute atomic E-state index is 0.369. The van der Waals surface area contributed by atoms with Crippen molar-refractivity contribution >= 4 is 29.2 Å². The first-order valence-corrected chi connectivity index (χ1v) is 9.03. The number of aryl methyl sites for hydroxylation is 1. The number of aromatic nitrogens is 2. The van der Waals surface area contributed by atoms with Gasteiger partial charge in [0.05, 0.1) is 18.0 Å². The predicted octanol–water partition coefficient (Wildman–Crippen LogP) is 4.41. The molecule has 0 N–H and O–H groups in total. The van der Waals surface area contributed by atoms with Gasteiger partial charge in [-0.05, 0) is 13.0 Å². The third-order valence-corrected chi connectivity index (χ3v) is 4.55. The molecule has 0 aliphatic heterocycles. The summed E-state index contributed by atoms with van der Waals surface area (Å²) < 4.78 is 40.1. The molecule has 1 heterocycles. The standard InChI is InChI=1S/C15H11BClF3.C6H7N3/c1-2-16(13-8-3-4-9-14(13)17)12-7-5-6-11(10-12)15(18,19)20;1-6-4-8-5-9(6)3-2-7/h2-10H,1H2;4-5H,3H2,1H3. The van der Waals surface area contributed by atoms with Gasteiger partial charge in [-0.25, -0.2) is 4.98 Å². The molecule has 0 unspecified atom stereocenters. The Balaban J connectivity index is 0.000000278. The van der Waals surface area contributed by atoms with Gasteiger partial charge in [0.2, 0.25) is 6.71 Å². The molecule has 0 atom stereocenters. The number of rotatable bonds is 4. The average molecular weight is 416 g/mol. The number of nitrogens with zero attached hydrogens (tertiary/aromatic N) is 3. The van der Waals surface area contributed by atoms with Gasteiger partial charge in [0.15, 0.2) is 0 Å². The molecule has 0 saturated heterocycles. The van der Waals surface area contributed by atoms with Gasteiger partial charge < -0.3 is 4.57 Å². The normalized spacial score (nSPS) is 10.5. The van der Waals surface area contributed by atoms with Crippen LogP contribution < -0.4 is 10.9 Å². The minimum atomic E-state index is -4.36. The van der Waals surface area contributed by atoms with Crippen LogP contribution in [0, 0.1) is 18.3 Å². The Morgan fingerprint density at radius 2 is 1.97 bits per heavy atom. The van der Waals surface area contributed by atoms with Gasteiger partial charge in [-0.15, -0.1) is 12.6 Å². The van der Waals surface area contributed by atoms with Gasteiger partial charge in [0.1, 0.15) is 6.54 Å². The zero-order valence-electron chi connectivity index (χ0n) is 15.7. The molecule has 0 radical (unpaired) electrons. The molecule has 0 aliphatic rings. The van der Waals surface area contributed by atoms with E-state index in [9.17, 15) is 13.2 Å². The van der Waals surface area contributed by atoms with Crippen molar-refractivity contribution in [3.8, 4) is 6.07 Å². The third-order valence-electron chi connectivity index (χ3n) is 4.21. The zero-order valence-corrected chi connectivity index (χ0v) is 16.5. The molecule has 0 amide bonds. The second-order valence-corrected chi connectivity index (χ2v) is 6.59. The van der Waals surface area contributed by atoms with Crippen LogP contribution in [0.3, 0.4) is 0 Å². The highest BCUT2D eigenvalue weighted by atomic mass is 35.5. The Morgan fingerprint density at radius 3 is 2.52 bits per heavy atom. The fourth-order valence-corrected chi connectivity index (χ4v) is 2.96. The molecule has 3 rings (SSSR count). The van der Waals surface area contributed by atoms with Crippen LogP contribution in [0.5, 0.6) is 0 Å². The first-order valence-electron chi connectivity index (χ1n) is 8.65. The van der Waals surface area contributed by atoms with Crippen molar-refractivity contribution in [3.63, 3.8) is 0 Å². The molecular weight excluding hydrogens is 398 g/mol. The maximum Gasteiger partial charge on any atom is 0.416 e. The second-order valence-electron chi connectivity index (χ2n) is 6.18. The molecule has 2 aromatic carbocycles. The van der Waals surface area contributed by atoms with E-state index in [1.165, 1.54) is 6.07 Å². The fraction of sp³-hybridized carbons (Fsp3) is 0.143. The first kappa shape index (κ1) is 22.3. The Morgan fingerprint density at radius 1 is 1.24 bits per heavy atom. The summed E-state index contributed by atoms with van der Waals surface area (Å²) in [7, 11) is 0. The lowest BCUT2D eigenvalue weighted by Crippen LogP contribution is -2.41. The SMILES string of the molecule is C=CB(c1cccc(C(F)(F)F)c1)c1ccccc1Cl.Cc1cncn1CC#N. The summed E-state index contributed by atoms with van der Waals surface area (Å²) in [6, 6.07) is 14.3. The summed E-state index contributed by atoms with van der Waals surface area (Å²) in [6.45, 7) is 5.65. The van der Waals surface area contributed by atoms with E-state index < -0.39 is 11.7 Å². The van der Waals surface area contributed by atoms with Crippen molar-refractivity contribution in [3.05, 3.63) is 89.9 Å². The number of hydrogen-bond acceptors (Lipinski definition) is 2. The van der Waals surface area contributed by atoms with Crippen LogP contribution in [-0.2, 0) is 12.7 Å². The van der Waals surface area contributed by atoms with Crippen molar-refractivity contribution in [2.45, 2.75) is 19.6 Å². The van der Waals surface area contributed by atoms with Crippen molar-refractivity contribution in [1.29, 1.82) is 5.26 Å². The Labute approximate surface area is 173 Å². The number of hydrogen-bond donors (Lipinski definition) is 0. The molecule has 0 spiro atoms. The van der Waals surface area contributed by atoms with E-state index >= 15 is 0 Å². The molecule has 0 bridgehead atoms. The highest BCUT2D eigenvalue weighted by Gasteiger charge is 2.31. The van der Waals surface area contributed by atoms with Gasteiger partial charge >= 0.3 is 6.18 Å². The fourth-order valence-electron chi connectivity index (χ4n) is 2.71. The van der Waals surface area contributed by atoms with Crippen LogP contribution in [-0.4, -0.2) is 16.3 Å². The predicted molar refractivity (Wildman–Crippen MR) is 111 cm³/mol. The summed E-state index contributed by atoms with van der Waals surface area (Å²) in [4.78, 5) is 3.85. The van der Waals surface area contributed by atoms with Crippen LogP contribution >= 0.6 is 11.6 Å². The molecule has 0 aliphatic carbocycles. The summed E-state index contributed by atoms with van der Waals surface area (Å²) in [6.07, 6.45) is -0.974. The maximum absolute atomic E-state index is 12.8. The number of imidazole rings is 1. The largest absolute Gasteiger partial charge is 0.416 e. The van der Waals surface area contributed by atoms with Gasteiger partial charge in [-0.1, -0.05) is 65.0 Å². The van der Waals surface area contributed by atoms with E-state index in [0.29, 0.717) is 17.0 Å². The highest BCUT2D eigenvalue weighted by molar-refractivity contribution is 6.90. The molecule has 29 heavy (non-hydrogen) atoms. The summed E-state index contributed by atoms with van der Waals surface area (Å²) in [5, 5.41) is 8.77. The molecule has 0 fully saturated rings. The van der Waals surface area contributed by atoms with E-state index in [2.05, 4.69) is 11.6 Å². The Hall–Kier alpha value is -2.98. The van der Waals surface area contributed by atoms with E-state index in [4.69, 9.17) is 16.9 Å². The van der Waals surface area contributed by atoms with Crippen LogP contribution in [0.4, 0.5) is 13.2 Å². The number of alkyl halides is 3. The average Bonchev–Trinajstić information content (AvgIpc) is 3.09. The van der Waals surface area contributed by atoms with Crippen molar-refractivity contribution in [2.24, 2.45) is 0 Å². The molecular formula is C21H18BClF3N3. The summed E-state index contributed by atoms with van der Waals surface area (Å²) in [5.41, 5.74) is 1.61.